The highest BCUT2D eigenvalue weighted by Gasteiger charge is 2.44. The summed E-state index contributed by atoms with van der Waals surface area (Å²) in [5.74, 6) is -0.180. The molecule has 0 aromatic heterocycles. The summed E-state index contributed by atoms with van der Waals surface area (Å²) in [6, 6.07) is -0.826. The van der Waals surface area contributed by atoms with Gasteiger partial charge in [-0.2, -0.15) is 0 Å². The zero-order chi connectivity index (χ0) is 67.8. The fourth-order valence-electron chi connectivity index (χ4n) is 12.9. The second-order valence-corrected chi connectivity index (χ2v) is 28.2. The van der Waals surface area contributed by atoms with Crippen molar-refractivity contribution in [3.8, 4) is 0 Å². The highest BCUT2D eigenvalue weighted by molar-refractivity contribution is 5.76. The molecule has 0 aromatic rings. The molecule has 9 nitrogen and oxygen atoms in total. The Labute approximate surface area is 581 Å². The Morgan fingerprint density at radius 3 is 1.02 bits per heavy atom. The molecule has 1 fully saturated rings. The molecule has 0 spiro atoms. The van der Waals surface area contributed by atoms with Gasteiger partial charge in [-0.25, -0.2) is 0 Å². The Balaban J connectivity index is 2.07. The van der Waals surface area contributed by atoms with Crippen molar-refractivity contribution in [2.24, 2.45) is 0 Å². The van der Waals surface area contributed by atoms with Gasteiger partial charge in [0.2, 0.25) is 5.91 Å². The Morgan fingerprint density at radius 1 is 0.372 bits per heavy atom. The predicted octanol–water partition coefficient (Wildman–Crippen LogP) is 23.6. The summed E-state index contributed by atoms with van der Waals surface area (Å²) in [6.07, 6.45) is 98.9. The number of unbranched alkanes of at least 4 members (excludes halogenated alkanes) is 50. The van der Waals surface area contributed by atoms with Crippen LogP contribution in [0.15, 0.2) is 85.1 Å². The van der Waals surface area contributed by atoms with Crippen molar-refractivity contribution < 1.29 is 39.8 Å². The molecule has 0 bridgehead atoms. The topological polar surface area (TPSA) is 149 Å². The average molecular weight is 1320 g/mol. The first-order chi connectivity index (χ1) is 46.3. The Morgan fingerprint density at radius 2 is 0.670 bits per heavy atom. The molecule has 94 heavy (non-hydrogen) atoms. The molecule has 0 saturated carbocycles. The zero-order valence-corrected chi connectivity index (χ0v) is 61.7. The molecule has 6 N–H and O–H groups in total. The van der Waals surface area contributed by atoms with E-state index in [9.17, 15) is 30.3 Å². The van der Waals surface area contributed by atoms with E-state index in [-0.39, 0.29) is 12.5 Å². The lowest BCUT2D eigenvalue weighted by Gasteiger charge is -2.40. The van der Waals surface area contributed by atoms with E-state index >= 15 is 0 Å². The van der Waals surface area contributed by atoms with E-state index in [2.05, 4.69) is 92.1 Å². The number of aliphatic hydroxyl groups excluding tert-OH is 5. The van der Waals surface area contributed by atoms with Crippen molar-refractivity contribution in [3.63, 3.8) is 0 Å². The molecule has 0 aromatic carbocycles. The minimum Gasteiger partial charge on any atom is -0.394 e. The zero-order valence-electron chi connectivity index (χ0n) is 61.7. The highest BCUT2D eigenvalue weighted by Crippen LogP contribution is 2.24. The SMILES string of the molecule is CC/C=C\C/C=C\C/C=C\C/C=C\C/C=C\CCCCCCCCCCCCCCCCCCCCCCCCCC(=O)NC(COC1OC(CO)C(O)C(O)C1O)C(O)/C=C/CC/C=C/CCCCCCCCCCCCCCCCCCCCCCCCCCCC. The van der Waals surface area contributed by atoms with Gasteiger partial charge in [-0.3, -0.25) is 4.79 Å². The molecule has 0 radical (unpaired) electrons. The smallest absolute Gasteiger partial charge is 0.220 e. The van der Waals surface area contributed by atoms with E-state index in [4.69, 9.17) is 9.47 Å². The van der Waals surface area contributed by atoms with Crippen LogP contribution < -0.4 is 5.32 Å². The van der Waals surface area contributed by atoms with Crippen LogP contribution in [-0.4, -0.2) is 87.5 Å². The number of carbonyl (C=O) groups excluding carboxylic acids is 1. The summed E-state index contributed by atoms with van der Waals surface area (Å²) in [4.78, 5) is 13.2. The number of nitrogens with one attached hydrogen (secondary N) is 1. The second kappa shape index (κ2) is 73.1. The number of ether oxygens (including phenoxy) is 2. The van der Waals surface area contributed by atoms with Gasteiger partial charge < -0.3 is 40.3 Å². The van der Waals surface area contributed by atoms with Gasteiger partial charge in [0, 0.05) is 6.42 Å². The van der Waals surface area contributed by atoms with Crippen molar-refractivity contribution in [2.75, 3.05) is 13.2 Å². The minimum atomic E-state index is -1.58. The van der Waals surface area contributed by atoms with Gasteiger partial charge in [0.05, 0.1) is 25.4 Å². The number of rotatable bonds is 72. The Hall–Kier alpha value is -2.63. The van der Waals surface area contributed by atoms with Crippen molar-refractivity contribution >= 4 is 5.91 Å². The van der Waals surface area contributed by atoms with Gasteiger partial charge in [0.25, 0.3) is 0 Å². The maximum atomic E-state index is 13.2. The number of carbonyl (C=O) groups is 1. The summed E-state index contributed by atoms with van der Waals surface area (Å²) in [7, 11) is 0. The molecule has 548 valence electrons. The van der Waals surface area contributed by atoms with Gasteiger partial charge in [0.1, 0.15) is 24.4 Å². The summed E-state index contributed by atoms with van der Waals surface area (Å²) in [6.45, 7) is 3.70. The van der Waals surface area contributed by atoms with Crippen molar-refractivity contribution in [1.82, 2.24) is 5.32 Å². The van der Waals surface area contributed by atoms with E-state index in [1.165, 1.54) is 302 Å². The van der Waals surface area contributed by atoms with E-state index in [1.807, 2.05) is 6.08 Å². The molecule has 7 unspecified atom stereocenters. The van der Waals surface area contributed by atoms with Gasteiger partial charge in [-0.1, -0.05) is 394 Å². The van der Waals surface area contributed by atoms with Gasteiger partial charge in [-0.15, -0.1) is 0 Å². The highest BCUT2D eigenvalue weighted by atomic mass is 16.7. The molecule has 1 saturated heterocycles. The third kappa shape index (κ3) is 60.5. The molecule has 1 rings (SSSR count). The van der Waals surface area contributed by atoms with Crippen molar-refractivity contribution in [2.45, 2.75) is 436 Å². The molecule has 0 aliphatic carbocycles. The van der Waals surface area contributed by atoms with Crippen LogP contribution in [-0.2, 0) is 14.3 Å². The predicted molar refractivity (Wildman–Crippen MR) is 405 cm³/mol. The largest absolute Gasteiger partial charge is 0.394 e. The number of aliphatic hydroxyl groups is 5. The quantitative estimate of drug-likeness (QED) is 0.0261. The van der Waals surface area contributed by atoms with Crippen LogP contribution in [0.4, 0.5) is 0 Å². The van der Waals surface area contributed by atoms with Crippen LogP contribution in [0.3, 0.4) is 0 Å². The molecule has 1 aliphatic heterocycles. The van der Waals surface area contributed by atoms with E-state index in [0.29, 0.717) is 6.42 Å². The molecule has 1 aliphatic rings. The first-order valence-electron chi connectivity index (χ1n) is 40.8. The maximum absolute atomic E-state index is 13.2. The standard InChI is InChI=1S/C85H155NO8/c1-3-5-7-9-11-13-15-17-19-21-23-25-27-29-31-33-35-37-38-39-40-41-42-43-45-47-49-51-53-55-57-59-61-63-65-67-69-71-73-75-81(89)86-78(77-93-85-84(92)83(91)82(90)80(76-87)94-85)79(88)74-72-70-68-66-64-62-60-58-56-54-52-50-48-46-44-36-34-32-30-28-26-24-22-20-18-16-14-12-10-8-6-4-2/h5,7,11,13,17,19,23,25,29,31,64,66,72,74,78-80,82-85,87-88,90-92H,3-4,6,8-10,12,14-16,18,20-22,24,26-28,30,32-63,65,67-71,73,75-77H2,1-2H3,(H,86,89)/b7-5-,13-11-,19-17-,25-23-,31-29-,66-64+,74-72+. The summed E-state index contributed by atoms with van der Waals surface area (Å²) < 4.78 is 11.3. The average Bonchev–Trinajstić information content (AvgIpc) is 0.829. The van der Waals surface area contributed by atoms with E-state index in [0.717, 1.165) is 70.6 Å². The lowest BCUT2D eigenvalue weighted by atomic mass is 9.99. The Bertz CT molecular complexity index is 1770. The van der Waals surface area contributed by atoms with Crippen LogP contribution in [0.1, 0.15) is 393 Å². The third-order valence-electron chi connectivity index (χ3n) is 19.2. The Kier molecular flexibility index (Phi) is 69.5. The summed E-state index contributed by atoms with van der Waals surface area (Å²) in [5.41, 5.74) is 0. The van der Waals surface area contributed by atoms with Gasteiger partial charge in [-0.05, 0) is 77.0 Å². The normalized spacial score (nSPS) is 18.0. The number of amides is 1. The lowest BCUT2D eigenvalue weighted by Crippen LogP contribution is -2.60. The molecule has 1 heterocycles. The third-order valence-corrected chi connectivity index (χ3v) is 19.2. The molecule has 9 heteroatoms. The van der Waals surface area contributed by atoms with Crippen molar-refractivity contribution in [3.05, 3.63) is 85.1 Å². The molecular formula is C85H155NO8. The monoisotopic (exact) mass is 1320 g/mol. The van der Waals surface area contributed by atoms with Crippen LogP contribution in [0.25, 0.3) is 0 Å². The number of hydrogen-bond donors (Lipinski definition) is 6. The van der Waals surface area contributed by atoms with Crippen LogP contribution in [0.2, 0.25) is 0 Å². The maximum Gasteiger partial charge on any atom is 0.220 e. The molecule has 7 atom stereocenters. The first-order valence-corrected chi connectivity index (χ1v) is 40.8. The van der Waals surface area contributed by atoms with Crippen LogP contribution in [0, 0.1) is 0 Å². The van der Waals surface area contributed by atoms with Crippen LogP contribution in [0.5, 0.6) is 0 Å². The van der Waals surface area contributed by atoms with Crippen molar-refractivity contribution in [1.29, 1.82) is 0 Å². The minimum absolute atomic E-state index is 0.180. The molecular weight excluding hydrogens is 1160 g/mol. The first kappa shape index (κ1) is 89.4. The number of hydrogen-bond acceptors (Lipinski definition) is 8. The summed E-state index contributed by atoms with van der Waals surface area (Å²) in [5, 5.41) is 54.9. The van der Waals surface area contributed by atoms with Gasteiger partial charge >= 0.3 is 0 Å². The van der Waals surface area contributed by atoms with Gasteiger partial charge in [0.15, 0.2) is 6.29 Å². The lowest BCUT2D eigenvalue weighted by molar-refractivity contribution is -0.302. The fourth-order valence-corrected chi connectivity index (χ4v) is 12.9. The fraction of sp³-hybridized carbons (Fsp3) is 0.824. The van der Waals surface area contributed by atoms with E-state index in [1.54, 1.807) is 6.08 Å². The molecule has 1 amide bonds. The number of allylic oxidation sites excluding steroid dienone is 13. The summed E-state index contributed by atoms with van der Waals surface area (Å²) >= 11 is 0. The van der Waals surface area contributed by atoms with E-state index < -0.39 is 49.5 Å². The second-order valence-electron chi connectivity index (χ2n) is 28.2. The van der Waals surface area contributed by atoms with Crippen LogP contribution >= 0.6 is 0 Å².